The molecule has 4 rings (SSSR count). The normalized spacial score (nSPS) is 19.8. The highest BCUT2D eigenvalue weighted by Crippen LogP contribution is 2.44. The molecular formula is C36H50F2N2O7. The maximum absolute atomic E-state index is 14.9. The monoisotopic (exact) mass is 660 g/mol. The van der Waals surface area contributed by atoms with Gasteiger partial charge in [0, 0.05) is 53.1 Å². The molecule has 47 heavy (non-hydrogen) atoms. The first-order chi connectivity index (χ1) is 22.4. The van der Waals surface area contributed by atoms with Crippen molar-refractivity contribution >= 4 is 12.0 Å². The second kappa shape index (κ2) is 16.2. The van der Waals surface area contributed by atoms with Crippen molar-refractivity contribution in [3.8, 4) is 5.75 Å². The molecule has 2 fully saturated rings. The molecule has 0 unspecified atom stereocenters. The molecule has 1 aliphatic carbocycles. The van der Waals surface area contributed by atoms with Crippen molar-refractivity contribution in [2.24, 2.45) is 5.92 Å². The predicted molar refractivity (Wildman–Crippen MR) is 173 cm³/mol. The quantitative estimate of drug-likeness (QED) is 0.209. The third-order valence-corrected chi connectivity index (χ3v) is 8.50. The van der Waals surface area contributed by atoms with Gasteiger partial charge in [-0.05, 0) is 101 Å². The second-order valence-corrected chi connectivity index (χ2v) is 13.3. The number of likely N-dealkylation sites (tertiary alicyclic amines) is 1. The van der Waals surface area contributed by atoms with Gasteiger partial charge in [-0.3, -0.25) is 4.79 Å². The molecule has 9 nitrogen and oxygen atoms in total. The third kappa shape index (κ3) is 9.64. The first-order valence-electron chi connectivity index (χ1n) is 16.5. The summed E-state index contributed by atoms with van der Waals surface area (Å²) in [6.45, 7) is 9.36. The van der Waals surface area contributed by atoms with Crippen LogP contribution >= 0.6 is 0 Å². The van der Waals surface area contributed by atoms with E-state index in [0.717, 1.165) is 48.9 Å². The van der Waals surface area contributed by atoms with Gasteiger partial charge in [-0.15, -0.1) is 0 Å². The molecule has 0 radical (unpaired) electrons. The van der Waals surface area contributed by atoms with Crippen molar-refractivity contribution in [1.82, 2.24) is 9.80 Å². The molecule has 1 heterocycles. The lowest BCUT2D eigenvalue weighted by Gasteiger charge is -2.48. The Labute approximate surface area is 277 Å². The number of hydrogen-bond acceptors (Lipinski definition) is 7. The van der Waals surface area contributed by atoms with E-state index in [9.17, 15) is 18.4 Å². The summed E-state index contributed by atoms with van der Waals surface area (Å²) >= 11 is 0. The molecule has 0 aromatic heterocycles. The lowest BCUT2D eigenvalue weighted by Crippen LogP contribution is -2.59. The Kier molecular flexibility index (Phi) is 12.6. The van der Waals surface area contributed by atoms with Gasteiger partial charge in [-0.2, -0.15) is 0 Å². The van der Waals surface area contributed by atoms with E-state index in [1.54, 1.807) is 35.0 Å². The molecule has 2 amide bonds. The average Bonchev–Trinajstić information content (AvgIpc) is 3.86. The van der Waals surface area contributed by atoms with Crippen molar-refractivity contribution < 1.29 is 42.1 Å². The Bertz CT molecular complexity index is 1340. The fourth-order valence-corrected chi connectivity index (χ4v) is 6.20. The number of aryl methyl sites for hydroxylation is 1. The van der Waals surface area contributed by atoms with Gasteiger partial charge in [0.15, 0.2) is 11.6 Å². The first-order valence-corrected chi connectivity index (χ1v) is 16.5. The lowest BCUT2D eigenvalue weighted by atomic mass is 9.74. The van der Waals surface area contributed by atoms with Crippen LogP contribution in [0.3, 0.4) is 0 Å². The number of carbonyl (C=O) groups excluding carboxylic acids is 2. The summed E-state index contributed by atoms with van der Waals surface area (Å²) in [5.74, 6) is -2.44. The van der Waals surface area contributed by atoms with Gasteiger partial charge in [0.25, 0.3) is 0 Å². The highest BCUT2D eigenvalue weighted by Gasteiger charge is 2.53. The molecule has 0 N–H and O–H groups in total. The summed E-state index contributed by atoms with van der Waals surface area (Å²) in [5, 5.41) is 0. The summed E-state index contributed by atoms with van der Waals surface area (Å²) in [5.41, 5.74) is 0.312. The van der Waals surface area contributed by atoms with Gasteiger partial charge in [0.1, 0.15) is 23.6 Å². The molecule has 2 aliphatic rings. The van der Waals surface area contributed by atoms with Crippen molar-refractivity contribution in [3.05, 3.63) is 64.7 Å². The number of amides is 2. The number of rotatable bonds is 15. The van der Waals surface area contributed by atoms with Gasteiger partial charge in [-0.1, -0.05) is 12.1 Å². The molecule has 2 aromatic rings. The van der Waals surface area contributed by atoms with Crippen LogP contribution in [0.4, 0.5) is 13.6 Å². The van der Waals surface area contributed by atoms with E-state index in [1.807, 2.05) is 24.0 Å². The Morgan fingerprint density at radius 1 is 0.979 bits per heavy atom. The Morgan fingerprint density at radius 2 is 1.70 bits per heavy atom. The summed E-state index contributed by atoms with van der Waals surface area (Å²) in [6.07, 6.45) is 2.95. The van der Waals surface area contributed by atoms with Crippen LogP contribution in [0.25, 0.3) is 0 Å². The van der Waals surface area contributed by atoms with E-state index < -0.39 is 34.8 Å². The second-order valence-electron chi connectivity index (χ2n) is 13.3. The van der Waals surface area contributed by atoms with Crippen LogP contribution in [-0.4, -0.2) is 87.2 Å². The van der Waals surface area contributed by atoms with Gasteiger partial charge in [-0.25, -0.2) is 13.6 Å². The maximum atomic E-state index is 14.9. The topological polar surface area (TPSA) is 86.8 Å². The Balaban J connectivity index is 1.72. The molecule has 0 spiro atoms. The van der Waals surface area contributed by atoms with E-state index in [4.69, 9.17) is 23.7 Å². The zero-order chi connectivity index (χ0) is 34.2. The zero-order valence-corrected chi connectivity index (χ0v) is 28.6. The molecule has 0 bridgehead atoms. The van der Waals surface area contributed by atoms with E-state index in [-0.39, 0.29) is 38.1 Å². The molecule has 260 valence electrons. The maximum Gasteiger partial charge on any atom is 0.410 e. The van der Waals surface area contributed by atoms with Crippen LogP contribution in [0.1, 0.15) is 70.1 Å². The molecule has 11 heteroatoms. The summed E-state index contributed by atoms with van der Waals surface area (Å²) < 4.78 is 57.3. The van der Waals surface area contributed by atoms with Crippen LogP contribution < -0.4 is 4.74 Å². The van der Waals surface area contributed by atoms with Gasteiger partial charge in [0.05, 0.1) is 12.5 Å². The highest BCUT2D eigenvalue weighted by atomic mass is 19.2. The Hall–Kier alpha value is -3.28. The number of halogens is 2. The van der Waals surface area contributed by atoms with Crippen LogP contribution in [0.5, 0.6) is 5.75 Å². The van der Waals surface area contributed by atoms with Crippen molar-refractivity contribution in [2.75, 3.05) is 53.7 Å². The van der Waals surface area contributed by atoms with Crippen LogP contribution in [0.2, 0.25) is 0 Å². The first kappa shape index (κ1) is 36.6. The molecule has 1 aliphatic heterocycles. The van der Waals surface area contributed by atoms with E-state index in [2.05, 4.69) is 6.07 Å². The van der Waals surface area contributed by atoms with E-state index in [0.29, 0.717) is 37.7 Å². The van der Waals surface area contributed by atoms with E-state index in [1.165, 1.54) is 11.0 Å². The standard InChI is InChI=1S/C36H50F2N2O7/c1-7-46-36(27-10-13-31(37)32(38)22-27)14-15-39(34(42)47-35(2,3)4)24-30(36)33(41)40(28-11-12-28)23-26-19-25(9-8-16-43-5)20-29(21-26)45-18-17-44-6/h10,13,19-22,28,30H,7-9,11-12,14-18,23-24H2,1-6H3/t30-,36+/m1/s1. The minimum Gasteiger partial charge on any atom is -0.491 e. The smallest absolute Gasteiger partial charge is 0.410 e. The average molecular weight is 661 g/mol. The molecular weight excluding hydrogens is 610 g/mol. The van der Waals surface area contributed by atoms with E-state index >= 15 is 0 Å². The molecule has 2 aromatic carbocycles. The number of carbonyl (C=O) groups is 2. The highest BCUT2D eigenvalue weighted by molar-refractivity contribution is 5.82. The fourth-order valence-electron chi connectivity index (χ4n) is 6.20. The minimum atomic E-state index is -1.29. The third-order valence-electron chi connectivity index (χ3n) is 8.50. The van der Waals surface area contributed by atoms with Gasteiger partial charge in [0.2, 0.25) is 5.91 Å². The molecule has 1 saturated heterocycles. The van der Waals surface area contributed by atoms with Crippen LogP contribution in [0, 0.1) is 17.6 Å². The number of benzene rings is 2. The van der Waals surface area contributed by atoms with Gasteiger partial charge >= 0.3 is 6.09 Å². The molecule has 1 saturated carbocycles. The van der Waals surface area contributed by atoms with Crippen LogP contribution in [-0.2, 0) is 42.3 Å². The SMILES string of the molecule is CCO[C@]1(c2ccc(F)c(F)c2)CCN(C(=O)OC(C)(C)C)C[C@@H]1C(=O)N(Cc1cc(CCCOC)cc(OCCOC)c1)C1CC1. The molecule has 2 atom stereocenters. The van der Waals surface area contributed by atoms with Crippen molar-refractivity contribution in [3.63, 3.8) is 0 Å². The largest absolute Gasteiger partial charge is 0.491 e. The lowest BCUT2D eigenvalue weighted by molar-refractivity contribution is -0.165. The Morgan fingerprint density at radius 3 is 2.34 bits per heavy atom. The minimum absolute atomic E-state index is 0.00121. The summed E-state index contributed by atoms with van der Waals surface area (Å²) in [7, 11) is 3.29. The number of methoxy groups -OCH3 is 2. The predicted octanol–water partition coefficient (Wildman–Crippen LogP) is 6.25. The summed E-state index contributed by atoms with van der Waals surface area (Å²) in [4.78, 5) is 31.5. The zero-order valence-electron chi connectivity index (χ0n) is 28.6. The van der Waals surface area contributed by atoms with Crippen molar-refractivity contribution in [2.45, 2.75) is 83.6 Å². The fraction of sp³-hybridized carbons (Fsp3) is 0.611. The van der Waals surface area contributed by atoms with Crippen molar-refractivity contribution in [1.29, 1.82) is 0 Å². The number of hydrogen-bond donors (Lipinski definition) is 0. The van der Waals surface area contributed by atoms with Gasteiger partial charge < -0.3 is 33.5 Å². The number of nitrogens with zero attached hydrogens (tertiary/aromatic N) is 2. The number of piperidine rings is 1. The van der Waals surface area contributed by atoms with Crippen LogP contribution in [0.15, 0.2) is 36.4 Å². The summed E-state index contributed by atoms with van der Waals surface area (Å²) in [6, 6.07) is 9.68. The number of ether oxygens (including phenoxy) is 5.